The molecule has 1 aromatic carbocycles. The Hall–Kier alpha value is -2.10. The minimum Gasteiger partial charge on any atom is -0.481 e. The first-order valence-corrected chi connectivity index (χ1v) is 4.96. The molecule has 0 saturated heterocycles. The van der Waals surface area contributed by atoms with Gasteiger partial charge in [0, 0.05) is 12.0 Å². The number of aliphatic carboxylic acids is 1. The van der Waals surface area contributed by atoms with Crippen LogP contribution in [0, 0.1) is 0 Å². The van der Waals surface area contributed by atoms with E-state index in [0.29, 0.717) is 12.3 Å². The Bertz CT molecular complexity index is 477. The average Bonchev–Trinajstić information content (AvgIpc) is 2.80. The summed E-state index contributed by atoms with van der Waals surface area (Å²) in [5, 5.41) is 8.60. The van der Waals surface area contributed by atoms with Crippen LogP contribution in [0.1, 0.15) is 12.0 Å². The minimum absolute atomic E-state index is 0.134. The zero-order chi connectivity index (χ0) is 11.4. The van der Waals surface area contributed by atoms with Gasteiger partial charge in [0.15, 0.2) is 0 Å². The molecular formula is C12H11NO3. The largest absolute Gasteiger partial charge is 0.481 e. The van der Waals surface area contributed by atoms with Gasteiger partial charge in [-0.1, -0.05) is 12.1 Å². The number of oxazole rings is 1. The van der Waals surface area contributed by atoms with E-state index in [1.807, 2.05) is 24.3 Å². The number of aromatic nitrogens is 1. The van der Waals surface area contributed by atoms with Gasteiger partial charge in [0.2, 0.25) is 5.89 Å². The number of aryl methyl sites for hydroxylation is 1. The third-order valence-electron chi connectivity index (χ3n) is 2.23. The number of benzene rings is 1. The van der Waals surface area contributed by atoms with Crippen molar-refractivity contribution >= 4 is 5.97 Å². The Labute approximate surface area is 92.6 Å². The van der Waals surface area contributed by atoms with Gasteiger partial charge >= 0.3 is 5.97 Å². The number of carboxylic acids is 1. The zero-order valence-corrected chi connectivity index (χ0v) is 8.59. The summed E-state index contributed by atoms with van der Waals surface area (Å²) in [4.78, 5) is 14.5. The van der Waals surface area contributed by atoms with Gasteiger partial charge in [0.25, 0.3) is 0 Å². The quantitative estimate of drug-likeness (QED) is 0.853. The third-order valence-corrected chi connectivity index (χ3v) is 2.23. The molecule has 0 aliphatic heterocycles. The summed E-state index contributed by atoms with van der Waals surface area (Å²) in [7, 11) is 0. The minimum atomic E-state index is -0.790. The predicted octanol–water partition coefficient (Wildman–Crippen LogP) is 2.36. The van der Waals surface area contributed by atoms with E-state index < -0.39 is 5.97 Å². The van der Waals surface area contributed by atoms with E-state index in [1.165, 1.54) is 6.26 Å². The summed E-state index contributed by atoms with van der Waals surface area (Å²) in [6.45, 7) is 0. The summed E-state index contributed by atoms with van der Waals surface area (Å²) in [6, 6.07) is 7.55. The van der Waals surface area contributed by atoms with E-state index in [1.54, 1.807) is 6.20 Å². The van der Waals surface area contributed by atoms with Crippen LogP contribution in [0.4, 0.5) is 0 Å². The molecule has 1 N–H and O–H groups in total. The standard InChI is InChI=1S/C12H11NO3/c14-11(15)5-4-9-2-1-3-10(8-9)12-13-6-7-16-12/h1-3,6-8H,4-5H2,(H,14,15). The molecule has 0 amide bonds. The van der Waals surface area contributed by atoms with Gasteiger partial charge in [-0.15, -0.1) is 0 Å². The second-order valence-electron chi connectivity index (χ2n) is 3.43. The molecule has 0 unspecified atom stereocenters. The summed E-state index contributed by atoms with van der Waals surface area (Å²) in [5.74, 6) is -0.237. The van der Waals surface area contributed by atoms with Gasteiger partial charge < -0.3 is 9.52 Å². The number of carboxylic acid groups (broad SMARTS) is 1. The fourth-order valence-electron chi connectivity index (χ4n) is 1.48. The molecule has 2 aromatic rings. The Morgan fingerprint density at radius 2 is 2.31 bits per heavy atom. The maximum absolute atomic E-state index is 10.5. The van der Waals surface area contributed by atoms with Gasteiger partial charge in [0.05, 0.1) is 6.20 Å². The maximum Gasteiger partial charge on any atom is 0.303 e. The van der Waals surface area contributed by atoms with Crippen molar-refractivity contribution in [1.29, 1.82) is 0 Å². The van der Waals surface area contributed by atoms with Crippen molar-refractivity contribution in [2.75, 3.05) is 0 Å². The SMILES string of the molecule is O=C(O)CCc1cccc(-c2ncco2)c1. The summed E-state index contributed by atoms with van der Waals surface area (Å²) >= 11 is 0. The highest BCUT2D eigenvalue weighted by Gasteiger charge is 2.04. The van der Waals surface area contributed by atoms with Gasteiger partial charge in [-0.2, -0.15) is 0 Å². The van der Waals surface area contributed by atoms with E-state index >= 15 is 0 Å². The molecule has 0 fully saturated rings. The molecule has 82 valence electrons. The first kappa shape index (κ1) is 10.4. The molecule has 0 radical (unpaired) electrons. The summed E-state index contributed by atoms with van der Waals surface area (Å²) < 4.78 is 5.17. The lowest BCUT2D eigenvalue weighted by atomic mass is 10.1. The Morgan fingerprint density at radius 3 is 3.00 bits per heavy atom. The third kappa shape index (κ3) is 2.48. The molecule has 4 heteroatoms. The number of carbonyl (C=O) groups is 1. The monoisotopic (exact) mass is 217 g/mol. The Morgan fingerprint density at radius 1 is 1.44 bits per heavy atom. The fraction of sp³-hybridized carbons (Fsp3) is 0.167. The fourth-order valence-corrected chi connectivity index (χ4v) is 1.48. The molecule has 2 rings (SSSR count). The van der Waals surface area contributed by atoms with E-state index in [9.17, 15) is 4.79 Å². The topological polar surface area (TPSA) is 63.3 Å². The molecule has 0 aliphatic carbocycles. The van der Waals surface area contributed by atoms with Crippen molar-refractivity contribution in [3.8, 4) is 11.5 Å². The highest BCUT2D eigenvalue weighted by atomic mass is 16.4. The van der Waals surface area contributed by atoms with Crippen LogP contribution in [-0.2, 0) is 11.2 Å². The van der Waals surface area contributed by atoms with E-state index in [-0.39, 0.29) is 6.42 Å². The predicted molar refractivity (Wildman–Crippen MR) is 57.9 cm³/mol. The summed E-state index contributed by atoms with van der Waals surface area (Å²) in [6.07, 6.45) is 3.75. The molecule has 0 aliphatic rings. The normalized spacial score (nSPS) is 10.2. The van der Waals surface area contributed by atoms with Crippen LogP contribution in [0.3, 0.4) is 0 Å². The number of nitrogens with zero attached hydrogens (tertiary/aromatic N) is 1. The molecule has 16 heavy (non-hydrogen) atoms. The smallest absolute Gasteiger partial charge is 0.303 e. The lowest BCUT2D eigenvalue weighted by Gasteiger charge is -2.00. The maximum atomic E-state index is 10.5. The first-order chi connectivity index (χ1) is 7.75. The van der Waals surface area contributed by atoms with E-state index in [2.05, 4.69) is 4.98 Å². The van der Waals surface area contributed by atoms with Crippen LogP contribution in [0.25, 0.3) is 11.5 Å². The highest BCUT2D eigenvalue weighted by molar-refractivity contribution is 5.67. The van der Waals surface area contributed by atoms with Crippen LogP contribution in [0.2, 0.25) is 0 Å². The molecule has 4 nitrogen and oxygen atoms in total. The zero-order valence-electron chi connectivity index (χ0n) is 8.59. The molecule has 0 saturated carbocycles. The lowest BCUT2D eigenvalue weighted by molar-refractivity contribution is -0.136. The second-order valence-corrected chi connectivity index (χ2v) is 3.43. The van der Waals surface area contributed by atoms with Crippen LogP contribution >= 0.6 is 0 Å². The van der Waals surface area contributed by atoms with Crippen molar-refractivity contribution in [3.63, 3.8) is 0 Å². The first-order valence-electron chi connectivity index (χ1n) is 4.96. The molecule has 0 atom stereocenters. The molecule has 0 bridgehead atoms. The Balaban J connectivity index is 2.17. The highest BCUT2D eigenvalue weighted by Crippen LogP contribution is 2.18. The van der Waals surface area contributed by atoms with Gasteiger partial charge in [0.1, 0.15) is 6.26 Å². The van der Waals surface area contributed by atoms with E-state index in [0.717, 1.165) is 11.1 Å². The van der Waals surface area contributed by atoms with Crippen LogP contribution in [0.15, 0.2) is 41.1 Å². The van der Waals surface area contributed by atoms with Crippen LogP contribution in [0.5, 0.6) is 0 Å². The molecular weight excluding hydrogens is 206 g/mol. The van der Waals surface area contributed by atoms with Crippen molar-refractivity contribution in [2.24, 2.45) is 0 Å². The van der Waals surface area contributed by atoms with Gasteiger partial charge in [-0.25, -0.2) is 4.98 Å². The van der Waals surface area contributed by atoms with Gasteiger partial charge in [-0.3, -0.25) is 4.79 Å². The number of rotatable bonds is 4. The van der Waals surface area contributed by atoms with E-state index in [4.69, 9.17) is 9.52 Å². The molecule has 0 spiro atoms. The van der Waals surface area contributed by atoms with Crippen molar-refractivity contribution < 1.29 is 14.3 Å². The van der Waals surface area contributed by atoms with Crippen molar-refractivity contribution in [2.45, 2.75) is 12.8 Å². The summed E-state index contributed by atoms with van der Waals surface area (Å²) in [5.41, 5.74) is 1.84. The van der Waals surface area contributed by atoms with Crippen LogP contribution < -0.4 is 0 Å². The van der Waals surface area contributed by atoms with Crippen molar-refractivity contribution in [3.05, 3.63) is 42.3 Å². The number of hydrogen-bond donors (Lipinski definition) is 1. The van der Waals surface area contributed by atoms with Gasteiger partial charge in [-0.05, 0) is 24.1 Å². The number of hydrogen-bond acceptors (Lipinski definition) is 3. The second kappa shape index (κ2) is 4.61. The Kier molecular flexibility index (Phi) is 3.00. The average molecular weight is 217 g/mol. The lowest BCUT2D eigenvalue weighted by Crippen LogP contribution is -1.97. The molecule has 1 aromatic heterocycles. The van der Waals surface area contributed by atoms with Crippen LogP contribution in [-0.4, -0.2) is 16.1 Å². The molecule has 1 heterocycles. The van der Waals surface area contributed by atoms with Crippen molar-refractivity contribution in [1.82, 2.24) is 4.98 Å².